The average molecular weight is 284 g/mol. The second kappa shape index (κ2) is 5.82. The molecule has 2 aromatic carbocycles. The molecule has 20 heavy (non-hydrogen) atoms. The SMILES string of the molecule is N[C@@H]1CC=C(c2ccccc2)C[C@H]1c1ccccc1Cl. The van der Waals surface area contributed by atoms with Gasteiger partial charge in [-0.3, -0.25) is 0 Å². The summed E-state index contributed by atoms with van der Waals surface area (Å²) in [5, 5.41) is 0.822. The van der Waals surface area contributed by atoms with Crippen LogP contribution in [0, 0.1) is 0 Å². The van der Waals surface area contributed by atoms with Gasteiger partial charge in [0.15, 0.2) is 0 Å². The van der Waals surface area contributed by atoms with E-state index in [4.69, 9.17) is 17.3 Å². The molecule has 0 radical (unpaired) electrons. The molecule has 0 aliphatic heterocycles. The molecular formula is C18H18ClN. The third-order valence-corrected chi connectivity index (χ3v) is 4.39. The molecule has 1 nitrogen and oxygen atoms in total. The Morgan fingerprint density at radius 3 is 2.40 bits per heavy atom. The molecule has 102 valence electrons. The zero-order valence-corrected chi connectivity index (χ0v) is 12.1. The Balaban J connectivity index is 1.91. The van der Waals surface area contributed by atoms with Crippen LogP contribution in [0.2, 0.25) is 5.02 Å². The van der Waals surface area contributed by atoms with Gasteiger partial charge in [-0.1, -0.05) is 66.2 Å². The summed E-state index contributed by atoms with van der Waals surface area (Å²) in [5.41, 5.74) is 10.1. The van der Waals surface area contributed by atoms with Crippen molar-refractivity contribution >= 4 is 17.2 Å². The molecule has 0 fully saturated rings. The predicted molar refractivity (Wildman–Crippen MR) is 85.8 cm³/mol. The highest BCUT2D eigenvalue weighted by atomic mass is 35.5. The van der Waals surface area contributed by atoms with Crippen LogP contribution < -0.4 is 5.73 Å². The van der Waals surface area contributed by atoms with E-state index in [1.54, 1.807) is 0 Å². The van der Waals surface area contributed by atoms with Crippen LogP contribution in [0.25, 0.3) is 5.57 Å². The molecule has 3 rings (SSSR count). The quantitative estimate of drug-likeness (QED) is 0.854. The number of hydrogen-bond acceptors (Lipinski definition) is 1. The summed E-state index contributed by atoms with van der Waals surface area (Å²) in [7, 11) is 0. The average Bonchev–Trinajstić information content (AvgIpc) is 2.49. The highest BCUT2D eigenvalue weighted by Crippen LogP contribution is 2.38. The van der Waals surface area contributed by atoms with E-state index in [-0.39, 0.29) is 6.04 Å². The van der Waals surface area contributed by atoms with Gasteiger partial charge in [0, 0.05) is 17.0 Å². The maximum Gasteiger partial charge on any atom is 0.0441 e. The molecule has 0 spiro atoms. The van der Waals surface area contributed by atoms with Crippen molar-refractivity contribution in [1.82, 2.24) is 0 Å². The van der Waals surface area contributed by atoms with E-state index >= 15 is 0 Å². The number of nitrogens with two attached hydrogens (primary N) is 1. The second-order valence-corrected chi connectivity index (χ2v) is 5.73. The smallest absolute Gasteiger partial charge is 0.0441 e. The minimum Gasteiger partial charge on any atom is -0.327 e. The lowest BCUT2D eigenvalue weighted by molar-refractivity contribution is 0.529. The van der Waals surface area contributed by atoms with Gasteiger partial charge in [-0.25, -0.2) is 0 Å². The minimum absolute atomic E-state index is 0.141. The van der Waals surface area contributed by atoms with Crippen molar-refractivity contribution in [2.24, 2.45) is 5.73 Å². The van der Waals surface area contributed by atoms with Crippen molar-refractivity contribution in [2.75, 3.05) is 0 Å². The Hall–Kier alpha value is -1.57. The molecule has 1 aliphatic rings. The summed E-state index contributed by atoms with van der Waals surface area (Å²) < 4.78 is 0. The van der Waals surface area contributed by atoms with Crippen LogP contribution in [-0.2, 0) is 0 Å². The van der Waals surface area contributed by atoms with Crippen LogP contribution in [0.3, 0.4) is 0 Å². The first-order valence-electron chi connectivity index (χ1n) is 7.00. The fourth-order valence-electron chi connectivity index (χ4n) is 2.92. The molecule has 0 unspecified atom stereocenters. The number of benzene rings is 2. The molecule has 0 saturated heterocycles. The summed E-state index contributed by atoms with van der Waals surface area (Å²) in [6.45, 7) is 0. The second-order valence-electron chi connectivity index (χ2n) is 5.33. The molecule has 2 aromatic rings. The van der Waals surface area contributed by atoms with Crippen LogP contribution in [0.1, 0.15) is 29.9 Å². The Bertz CT molecular complexity index is 618. The van der Waals surface area contributed by atoms with Gasteiger partial charge in [0.25, 0.3) is 0 Å². The third-order valence-electron chi connectivity index (χ3n) is 4.04. The maximum absolute atomic E-state index is 6.34. The third kappa shape index (κ3) is 2.65. The fourth-order valence-corrected chi connectivity index (χ4v) is 3.19. The first-order chi connectivity index (χ1) is 9.75. The van der Waals surface area contributed by atoms with Gasteiger partial charge >= 0.3 is 0 Å². The van der Waals surface area contributed by atoms with Crippen molar-refractivity contribution in [1.29, 1.82) is 0 Å². The number of hydrogen-bond donors (Lipinski definition) is 1. The van der Waals surface area contributed by atoms with E-state index in [2.05, 4.69) is 36.4 Å². The van der Waals surface area contributed by atoms with Crippen LogP contribution in [0.15, 0.2) is 60.7 Å². The van der Waals surface area contributed by atoms with E-state index in [1.165, 1.54) is 16.7 Å². The molecule has 0 saturated carbocycles. The van der Waals surface area contributed by atoms with Crippen molar-refractivity contribution in [3.8, 4) is 0 Å². The molecule has 0 heterocycles. The Kier molecular flexibility index (Phi) is 3.90. The van der Waals surface area contributed by atoms with Gasteiger partial charge in [-0.15, -0.1) is 0 Å². The summed E-state index contributed by atoms with van der Waals surface area (Å²) in [6.07, 6.45) is 4.13. The largest absolute Gasteiger partial charge is 0.327 e. The van der Waals surface area contributed by atoms with E-state index in [0.29, 0.717) is 5.92 Å². The van der Waals surface area contributed by atoms with Gasteiger partial charge in [-0.05, 0) is 35.6 Å². The normalized spacial score (nSPS) is 22.4. The van der Waals surface area contributed by atoms with Crippen molar-refractivity contribution in [3.63, 3.8) is 0 Å². The number of rotatable bonds is 2. The van der Waals surface area contributed by atoms with E-state index in [1.807, 2.05) is 24.3 Å². The maximum atomic E-state index is 6.34. The van der Waals surface area contributed by atoms with Gasteiger partial charge < -0.3 is 5.73 Å². The van der Waals surface area contributed by atoms with Crippen molar-refractivity contribution in [2.45, 2.75) is 24.8 Å². The van der Waals surface area contributed by atoms with Crippen LogP contribution >= 0.6 is 11.6 Å². The Labute approximate surface area is 125 Å². The highest BCUT2D eigenvalue weighted by molar-refractivity contribution is 6.31. The topological polar surface area (TPSA) is 26.0 Å². The Morgan fingerprint density at radius 2 is 1.65 bits per heavy atom. The highest BCUT2D eigenvalue weighted by Gasteiger charge is 2.26. The van der Waals surface area contributed by atoms with E-state index < -0.39 is 0 Å². The number of halogens is 1. The molecule has 2 heteroatoms. The zero-order valence-electron chi connectivity index (χ0n) is 11.3. The van der Waals surface area contributed by atoms with Crippen molar-refractivity contribution < 1.29 is 0 Å². The molecular weight excluding hydrogens is 266 g/mol. The Morgan fingerprint density at radius 1 is 0.950 bits per heavy atom. The lowest BCUT2D eigenvalue weighted by atomic mass is 9.78. The first-order valence-corrected chi connectivity index (χ1v) is 7.38. The zero-order chi connectivity index (χ0) is 13.9. The monoisotopic (exact) mass is 283 g/mol. The lowest BCUT2D eigenvalue weighted by Crippen LogP contribution is -2.30. The van der Waals surface area contributed by atoms with Crippen LogP contribution in [-0.4, -0.2) is 6.04 Å². The van der Waals surface area contributed by atoms with E-state index in [0.717, 1.165) is 17.9 Å². The van der Waals surface area contributed by atoms with Gasteiger partial charge in [-0.2, -0.15) is 0 Å². The predicted octanol–water partition coefficient (Wildman–Crippen LogP) is 4.63. The molecule has 1 aliphatic carbocycles. The minimum atomic E-state index is 0.141. The lowest BCUT2D eigenvalue weighted by Gasteiger charge is -2.30. The summed E-state index contributed by atoms with van der Waals surface area (Å²) >= 11 is 6.34. The van der Waals surface area contributed by atoms with E-state index in [9.17, 15) is 0 Å². The molecule has 2 atom stereocenters. The standard InChI is InChI=1S/C18H18ClN/c19-17-9-5-4-8-15(17)16-12-14(10-11-18(16)20)13-6-2-1-3-7-13/h1-10,16,18H,11-12,20H2/t16-,18+/m0/s1. The molecule has 0 aromatic heterocycles. The van der Waals surface area contributed by atoms with Gasteiger partial charge in [0.2, 0.25) is 0 Å². The summed E-state index contributed by atoms with van der Waals surface area (Å²) in [5.74, 6) is 0.295. The molecule has 2 N–H and O–H groups in total. The van der Waals surface area contributed by atoms with Crippen LogP contribution in [0.5, 0.6) is 0 Å². The van der Waals surface area contributed by atoms with Crippen molar-refractivity contribution in [3.05, 3.63) is 76.8 Å². The fraction of sp³-hybridized carbons (Fsp3) is 0.222. The first kappa shape index (κ1) is 13.4. The van der Waals surface area contributed by atoms with Gasteiger partial charge in [0.1, 0.15) is 0 Å². The summed E-state index contributed by atoms with van der Waals surface area (Å²) in [4.78, 5) is 0. The molecule has 0 bridgehead atoms. The number of allylic oxidation sites excluding steroid dienone is 1. The van der Waals surface area contributed by atoms with Gasteiger partial charge in [0.05, 0.1) is 0 Å². The summed E-state index contributed by atoms with van der Waals surface area (Å²) in [6, 6.07) is 18.7. The molecule has 0 amide bonds. The van der Waals surface area contributed by atoms with Crippen LogP contribution in [0.4, 0.5) is 0 Å².